The SMILES string of the molecule is C/C=C(\C)c1ccccc1.C=C.C=C(Cc1ccccc1C(=C)C)c1ccc(C)cc1.C=CC.CC. The van der Waals surface area contributed by atoms with Gasteiger partial charge in [0, 0.05) is 0 Å². The Balaban J connectivity index is 0. The average molecular weight is 481 g/mol. The van der Waals surface area contributed by atoms with E-state index in [-0.39, 0.29) is 0 Å². The summed E-state index contributed by atoms with van der Waals surface area (Å²) in [5, 5.41) is 0. The van der Waals surface area contributed by atoms with Crippen molar-refractivity contribution in [3.8, 4) is 0 Å². The molecule has 0 nitrogen and oxygen atoms in total. The third-order valence-electron chi connectivity index (χ3n) is 5.00. The lowest BCUT2D eigenvalue weighted by atomic mass is 9.93. The zero-order valence-electron chi connectivity index (χ0n) is 23.9. The normalized spacial score (nSPS) is 9.25. The molecule has 0 aromatic heterocycles. The molecule has 3 rings (SSSR count). The molecular formula is C36H48. The second-order valence-corrected chi connectivity index (χ2v) is 7.83. The molecule has 0 aliphatic rings. The fourth-order valence-corrected chi connectivity index (χ4v) is 3.08. The van der Waals surface area contributed by atoms with Crippen molar-refractivity contribution >= 4 is 16.7 Å². The van der Waals surface area contributed by atoms with E-state index in [1.165, 1.54) is 33.4 Å². The van der Waals surface area contributed by atoms with E-state index in [1.54, 1.807) is 6.08 Å². The molecule has 0 aliphatic carbocycles. The summed E-state index contributed by atoms with van der Waals surface area (Å²) in [6.07, 6.45) is 4.74. The van der Waals surface area contributed by atoms with Gasteiger partial charge in [-0.1, -0.05) is 129 Å². The molecule has 3 aromatic carbocycles. The van der Waals surface area contributed by atoms with Gasteiger partial charge >= 0.3 is 0 Å². The van der Waals surface area contributed by atoms with Gasteiger partial charge in [0.05, 0.1) is 0 Å². The first-order valence-corrected chi connectivity index (χ1v) is 12.6. The quantitative estimate of drug-likeness (QED) is 0.318. The Morgan fingerprint density at radius 1 is 0.722 bits per heavy atom. The van der Waals surface area contributed by atoms with Gasteiger partial charge in [-0.05, 0) is 74.4 Å². The maximum atomic E-state index is 4.22. The maximum Gasteiger partial charge on any atom is -0.00197 e. The van der Waals surface area contributed by atoms with Crippen LogP contribution in [-0.2, 0) is 6.42 Å². The van der Waals surface area contributed by atoms with Crippen molar-refractivity contribution in [3.63, 3.8) is 0 Å². The van der Waals surface area contributed by atoms with E-state index in [4.69, 9.17) is 0 Å². The van der Waals surface area contributed by atoms with Crippen molar-refractivity contribution in [1.29, 1.82) is 0 Å². The molecule has 0 bridgehead atoms. The lowest BCUT2D eigenvalue weighted by molar-refractivity contribution is 1.26. The third kappa shape index (κ3) is 13.9. The van der Waals surface area contributed by atoms with E-state index >= 15 is 0 Å². The Bertz CT molecular complexity index is 1030. The van der Waals surface area contributed by atoms with Crippen LogP contribution in [-0.4, -0.2) is 0 Å². The van der Waals surface area contributed by atoms with Gasteiger partial charge < -0.3 is 0 Å². The predicted molar refractivity (Wildman–Crippen MR) is 169 cm³/mol. The Kier molecular flexibility index (Phi) is 21.0. The van der Waals surface area contributed by atoms with Gasteiger partial charge in [-0.3, -0.25) is 0 Å². The minimum atomic E-state index is 0.867. The van der Waals surface area contributed by atoms with Crippen LogP contribution in [0.4, 0.5) is 0 Å². The van der Waals surface area contributed by atoms with Crippen molar-refractivity contribution in [3.05, 3.63) is 152 Å². The molecule has 0 heteroatoms. The summed E-state index contributed by atoms with van der Waals surface area (Å²) < 4.78 is 0. The Labute approximate surface area is 223 Å². The van der Waals surface area contributed by atoms with E-state index in [2.05, 4.69) is 133 Å². The summed E-state index contributed by atoms with van der Waals surface area (Å²) in [6, 6.07) is 27.3. The van der Waals surface area contributed by atoms with Crippen LogP contribution in [0.25, 0.3) is 16.7 Å². The number of hydrogen-bond acceptors (Lipinski definition) is 0. The topological polar surface area (TPSA) is 0 Å². The third-order valence-corrected chi connectivity index (χ3v) is 5.00. The minimum absolute atomic E-state index is 0.867. The lowest BCUT2D eigenvalue weighted by Crippen LogP contribution is -1.94. The van der Waals surface area contributed by atoms with E-state index in [1.807, 2.05) is 33.8 Å². The number of hydrogen-bond donors (Lipinski definition) is 0. The number of rotatable bonds is 5. The molecule has 36 heavy (non-hydrogen) atoms. The first kappa shape index (κ1) is 34.5. The van der Waals surface area contributed by atoms with Crippen LogP contribution in [0.5, 0.6) is 0 Å². The fourth-order valence-electron chi connectivity index (χ4n) is 3.08. The molecule has 0 radical (unpaired) electrons. The first-order chi connectivity index (χ1) is 17.3. The van der Waals surface area contributed by atoms with Crippen LogP contribution in [0.2, 0.25) is 0 Å². The highest BCUT2D eigenvalue weighted by atomic mass is 14.1. The van der Waals surface area contributed by atoms with Crippen molar-refractivity contribution in [1.82, 2.24) is 0 Å². The predicted octanol–water partition coefficient (Wildman–Crippen LogP) is 11.4. The highest BCUT2D eigenvalue weighted by Crippen LogP contribution is 2.24. The van der Waals surface area contributed by atoms with Crippen molar-refractivity contribution < 1.29 is 0 Å². The molecule has 0 heterocycles. The first-order valence-electron chi connectivity index (χ1n) is 12.6. The average Bonchev–Trinajstić information content (AvgIpc) is 2.92. The Morgan fingerprint density at radius 3 is 1.67 bits per heavy atom. The van der Waals surface area contributed by atoms with Gasteiger partial charge in [0.15, 0.2) is 0 Å². The number of benzene rings is 3. The number of allylic oxidation sites excluding steroid dienone is 5. The van der Waals surface area contributed by atoms with Crippen LogP contribution in [0.1, 0.15) is 69.4 Å². The van der Waals surface area contributed by atoms with Gasteiger partial charge in [-0.15, -0.1) is 19.7 Å². The zero-order chi connectivity index (χ0) is 27.9. The van der Waals surface area contributed by atoms with Crippen molar-refractivity contribution in [2.45, 2.75) is 54.9 Å². The largest absolute Gasteiger partial charge is 0.106 e. The summed E-state index contributed by atoms with van der Waals surface area (Å²) in [4.78, 5) is 0. The molecule has 0 amide bonds. The molecular weight excluding hydrogens is 432 g/mol. The highest BCUT2D eigenvalue weighted by molar-refractivity contribution is 5.71. The van der Waals surface area contributed by atoms with Crippen LogP contribution in [0, 0.1) is 6.92 Å². The van der Waals surface area contributed by atoms with E-state index < -0.39 is 0 Å². The molecule has 3 aromatic rings. The minimum Gasteiger partial charge on any atom is -0.106 e. The molecule has 0 unspecified atom stereocenters. The number of aryl methyl sites for hydroxylation is 1. The Morgan fingerprint density at radius 2 is 1.19 bits per heavy atom. The monoisotopic (exact) mass is 480 g/mol. The smallest absolute Gasteiger partial charge is 0.00197 e. The maximum absolute atomic E-state index is 4.22. The van der Waals surface area contributed by atoms with Crippen LogP contribution >= 0.6 is 0 Å². The molecule has 0 atom stereocenters. The molecule has 192 valence electrons. The van der Waals surface area contributed by atoms with Gasteiger partial charge in [0.25, 0.3) is 0 Å². The second kappa shape index (κ2) is 21.9. The lowest BCUT2D eigenvalue weighted by Gasteiger charge is -2.11. The Hall–Kier alpha value is -3.64. The van der Waals surface area contributed by atoms with Crippen molar-refractivity contribution in [2.24, 2.45) is 0 Å². The van der Waals surface area contributed by atoms with Crippen molar-refractivity contribution in [2.75, 3.05) is 0 Å². The summed E-state index contributed by atoms with van der Waals surface area (Å²) in [6.45, 7) is 31.8. The highest BCUT2D eigenvalue weighted by Gasteiger charge is 2.05. The summed E-state index contributed by atoms with van der Waals surface area (Å²) in [5.41, 5.74) is 9.91. The van der Waals surface area contributed by atoms with Gasteiger partial charge in [-0.2, -0.15) is 0 Å². The summed E-state index contributed by atoms with van der Waals surface area (Å²) in [7, 11) is 0. The molecule has 0 spiro atoms. The summed E-state index contributed by atoms with van der Waals surface area (Å²) >= 11 is 0. The van der Waals surface area contributed by atoms with Gasteiger partial charge in [0.2, 0.25) is 0 Å². The molecule has 0 N–H and O–H groups in total. The van der Waals surface area contributed by atoms with Crippen LogP contribution in [0.3, 0.4) is 0 Å². The standard InChI is InChI=1S/C19H20.C10H12.C3H6.C2H6.C2H4/c1-14(2)19-8-6-5-7-18(19)13-16(4)17-11-9-15(3)10-12-17;1-3-9(2)10-7-5-4-6-8-10;1-3-2;2*1-2/h5-12H,1,4,13H2,2-3H3;3-8H,1-2H3;3H,1H2,2H3;1-2H3;1-2H2/b;9-3+;;;. The summed E-state index contributed by atoms with van der Waals surface area (Å²) in [5.74, 6) is 0. The van der Waals surface area contributed by atoms with E-state index in [9.17, 15) is 0 Å². The molecule has 0 saturated carbocycles. The van der Waals surface area contributed by atoms with E-state index in [0.29, 0.717) is 0 Å². The molecule has 0 saturated heterocycles. The van der Waals surface area contributed by atoms with Crippen LogP contribution in [0.15, 0.2) is 124 Å². The molecule has 0 aliphatic heterocycles. The fraction of sp³-hybridized carbons (Fsp3) is 0.222. The van der Waals surface area contributed by atoms with E-state index in [0.717, 1.165) is 17.6 Å². The zero-order valence-corrected chi connectivity index (χ0v) is 23.9. The van der Waals surface area contributed by atoms with Gasteiger partial charge in [0.1, 0.15) is 0 Å². The van der Waals surface area contributed by atoms with Crippen LogP contribution < -0.4 is 0 Å². The molecule has 0 fully saturated rings. The van der Waals surface area contributed by atoms with Gasteiger partial charge in [-0.25, -0.2) is 0 Å². The second-order valence-electron chi connectivity index (χ2n) is 7.83.